The highest BCUT2D eigenvalue weighted by molar-refractivity contribution is 5.79. The van der Waals surface area contributed by atoms with E-state index in [1.54, 1.807) is 0 Å². The number of benzene rings is 1. The lowest BCUT2D eigenvalue weighted by molar-refractivity contribution is 0.0341. The Balaban J connectivity index is 2.00. The van der Waals surface area contributed by atoms with Gasteiger partial charge in [-0.05, 0) is 37.3 Å². The van der Waals surface area contributed by atoms with Crippen molar-refractivity contribution in [3.05, 3.63) is 35.4 Å². The van der Waals surface area contributed by atoms with Crippen molar-refractivity contribution in [1.82, 2.24) is 20.9 Å². The van der Waals surface area contributed by atoms with Crippen molar-refractivity contribution < 1.29 is 14.3 Å². The topological polar surface area (TPSA) is 87.2 Å². The molecule has 1 amide bonds. The third-order valence-electron chi connectivity index (χ3n) is 5.24. The molecule has 0 bridgehead atoms. The molecule has 0 aromatic heterocycles. The quantitative estimate of drug-likeness (QED) is 0.357. The second-order valence-electron chi connectivity index (χ2n) is 8.42. The van der Waals surface area contributed by atoms with Gasteiger partial charge in [0.1, 0.15) is 0 Å². The van der Waals surface area contributed by atoms with Crippen molar-refractivity contribution in [1.29, 1.82) is 0 Å². The number of nitrogens with one attached hydrogen (secondary N) is 3. The minimum atomic E-state index is -0.376. The summed E-state index contributed by atoms with van der Waals surface area (Å²) in [6.07, 6.45) is 0.479. The Labute approximate surface area is 193 Å². The van der Waals surface area contributed by atoms with Gasteiger partial charge in [0.2, 0.25) is 0 Å². The molecule has 1 aliphatic rings. The summed E-state index contributed by atoms with van der Waals surface area (Å²) >= 11 is 0. The number of rotatable bonds is 11. The van der Waals surface area contributed by atoms with Crippen molar-refractivity contribution in [2.24, 2.45) is 10.9 Å². The molecule has 8 nitrogen and oxygen atoms in total. The van der Waals surface area contributed by atoms with Crippen LogP contribution < -0.4 is 16.0 Å². The molecule has 1 aromatic rings. The van der Waals surface area contributed by atoms with Crippen LogP contribution in [0.4, 0.5) is 4.79 Å². The largest absolute Gasteiger partial charge is 0.450 e. The van der Waals surface area contributed by atoms with Crippen LogP contribution in [0.3, 0.4) is 0 Å². The Morgan fingerprint density at radius 1 is 1.16 bits per heavy atom. The number of carbonyl (C=O) groups is 1. The van der Waals surface area contributed by atoms with Crippen molar-refractivity contribution in [3.63, 3.8) is 0 Å². The van der Waals surface area contributed by atoms with E-state index in [0.29, 0.717) is 25.6 Å². The number of ether oxygens (including phenoxy) is 2. The smallest absolute Gasteiger partial charge is 0.407 e. The predicted octanol–water partition coefficient (Wildman–Crippen LogP) is 2.73. The van der Waals surface area contributed by atoms with Crippen LogP contribution in [0, 0.1) is 5.92 Å². The van der Waals surface area contributed by atoms with Crippen LogP contribution in [0.2, 0.25) is 0 Å². The molecule has 0 spiro atoms. The molecule has 0 aliphatic carbocycles. The number of alkyl carbamates (subject to hydrolysis) is 1. The van der Waals surface area contributed by atoms with Crippen LogP contribution in [0.5, 0.6) is 0 Å². The molecule has 32 heavy (non-hydrogen) atoms. The molecule has 180 valence electrons. The van der Waals surface area contributed by atoms with Crippen LogP contribution >= 0.6 is 0 Å². The fourth-order valence-electron chi connectivity index (χ4n) is 3.69. The summed E-state index contributed by atoms with van der Waals surface area (Å²) in [4.78, 5) is 19.1. The maximum Gasteiger partial charge on any atom is 0.407 e. The van der Waals surface area contributed by atoms with Gasteiger partial charge in [0.05, 0.1) is 26.4 Å². The van der Waals surface area contributed by atoms with Crippen molar-refractivity contribution in [2.45, 2.75) is 53.2 Å². The molecule has 8 heteroatoms. The lowest BCUT2D eigenvalue weighted by Gasteiger charge is -2.27. The van der Waals surface area contributed by atoms with Gasteiger partial charge in [0.25, 0.3) is 0 Å². The molecule has 3 N–H and O–H groups in total. The fourth-order valence-corrected chi connectivity index (χ4v) is 3.69. The molecular weight excluding hydrogens is 406 g/mol. The van der Waals surface area contributed by atoms with E-state index in [-0.39, 0.29) is 12.1 Å². The maximum absolute atomic E-state index is 11.9. The van der Waals surface area contributed by atoms with E-state index in [1.807, 2.05) is 13.8 Å². The summed E-state index contributed by atoms with van der Waals surface area (Å²) in [5.41, 5.74) is 2.52. The van der Waals surface area contributed by atoms with Crippen LogP contribution in [-0.4, -0.2) is 69.0 Å². The zero-order valence-corrected chi connectivity index (χ0v) is 20.2. The predicted molar refractivity (Wildman–Crippen MR) is 129 cm³/mol. The zero-order chi connectivity index (χ0) is 23.2. The monoisotopic (exact) mass is 447 g/mol. The fraction of sp³-hybridized carbons (Fsp3) is 0.667. The van der Waals surface area contributed by atoms with Gasteiger partial charge in [-0.2, -0.15) is 0 Å². The van der Waals surface area contributed by atoms with Crippen LogP contribution in [-0.2, 0) is 22.6 Å². The van der Waals surface area contributed by atoms with E-state index in [2.05, 4.69) is 59.0 Å². The lowest BCUT2D eigenvalue weighted by atomic mass is 10.0. The zero-order valence-electron chi connectivity index (χ0n) is 20.2. The number of amides is 1. The molecule has 1 aromatic carbocycles. The van der Waals surface area contributed by atoms with Gasteiger partial charge < -0.3 is 25.4 Å². The lowest BCUT2D eigenvalue weighted by Crippen LogP contribution is -2.47. The number of hydrogen-bond acceptors (Lipinski definition) is 5. The van der Waals surface area contributed by atoms with E-state index in [0.717, 1.165) is 51.8 Å². The third-order valence-corrected chi connectivity index (χ3v) is 5.24. The number of aliphatic imine (C=N–C) groups is 1. The van der Waals surface area contributed by atoms with E-state index >= 15 is 0 Å². The van der Waals surface area contributed by atoms with E-state index in [9.17, 15) is 4.79 Å². The van der Waals surface area contributed by atoms with Gasteiger partial charge in [-0.1, -0.05) is 38.1 Å². The average molecular weight is 448 g/mol. The Morgan fingerprint density at radius 2 is 1.88 bits per heavy atom. The minimum absolute atomic E-state index is 0.0356. The van der Waals surface area contributed by atoms with Crippen LogP contribution in [0.15, 0.2) is 29.3 Å². The van der Waals surface area contributed by atoms with Crippen molar-refractivity contribution >= 4 is 12.1 Å². The SMILES string of the molecule is CCNC(=NCc1ccccc1CN1CCOCC1)NCC(CC(C)C)NC(=O)OCC. The van der Waals surface area contributed by atoms with E-state index in [1.165, 1.54) is 11.1 Å². The van der Waals surface area contributed by atoms with Gasteiger partial charge in [0.15, 0.2) is 5.96 Å². The number of morpholine rings is 1. The van der Waals surface area contributed by atoms with Gasteiger partial charge in [0, 0.05) is 38.8 Å². The number of carbonyl (C=O) groups excluding carboxylic acids is 1. The minimum Gasteiger partial charge on any atom is -0.450 e. The molecule has 1 heterocycles. The summed E-state index contributed by atoms with van der Waals surface area (Å²) in [5.74, 6) is 1.20. The Hall–Kier alpha value is -2.32. The first kappa shape index (κ1) is 25.9. The van der Waals surface area contributed by atoms with Gasteiger partial charge in [-0.3, -0.25) is 4.90 Å². The highest BCUT2D eigenvalue weighted by Crippen LogP contribution is 2.14. The first-order chi connectivity index (χ1) is 15.5. The summed E-state index contributed by atoms with van der Waals surface area (Å²) in [5, 5.41) is 9.65. The highest BCUT2D eigenvalue weighted by atomic mass is 16.5. The average Bonchev–Trinajstić information content (AvgIpc) is 2.77. The molecule has 1 unspecified atom stereocenters. The molecular formula is C24H41N5O3. The van der Waals surface area contributed by atoms with Gasteiger partial charge in [-0.25, -0.2) is 9.79 Å². The first-order valence-corrected chi connectivity index (χ1v) is 11.8. The van der Waals surface area contributed by atoms with E-state index < -0.39 is 0 Å². The molecule has 0 radical (unpaired) electrons. The highest BCUT2D eigenvalue weighted by Gasteiger charge is 2.16. The van der Waals surface area contributed by atoms with Crippen molar-refractivity contribution in [2.75, 3.05) is 46.0 Å². The Morgan fingerprint density at radius 3 is 2.53 bits per heavy atom. The summed E-state index contributed by atoms with van der Waals surface area (Å²) in [6, 6.07) is 8.45. The number of hydrogen-bond donors (Lipinski definition) is 3. The van der Waals surface area contributed by atoms with Gasteiger partial charge in [-0.15, -0.1) is 0 Å². The number of nitrogens with zero attached hydrogens (tertiary/aromatic N) is 2. The second kappa shape index (κ2) is 14.7. The normalized spacial score (nSPS) is 16.0. The first-order valence-electron chi connectivity index (χ1n) is 11.8. The number of guanidine groups is 1. The Bertz CT molecular complexity index is 705. The van der Waals surface area contributed by atoms with Crippen LogP contribution in [0.1, 0.15) is 45.2 Å². The summed E-state index contributed by atoms with van der Waals surface area (Å²) in [6.45, 7) is 14.9. The van der Waals surface area contributed by atoms with E-state index in [4.69, 9.17) is 14.5 Å². The Kier molecular flexibility index (Phi) is 11.9. The summed E-state index contributed by atoms with van der Waals surface area (Å²) in [7, 11) is 0. The molecule has 1 fully saturated rings. The van der Waals surface area contributed by atoms with Crippen LogP contribution in [0.25, 0.3) is 0 Å². The second-order valence-corrected chi connectivity index (χ2v) is 8.42. The standard InChI is InChI=1S/C24H41N5O3/c1-5-25-23(27-17-22(15-19(3)4)28-24(30)32-6-2)26-16-20-9-7-8-10-21(20)18-29-11-13-31-14-12-29/h7-10,19,22H,5-6,11-18H2,1-4H3,(H,28,30)(H2,25,26,27). The van der Waals surface area contributed by atoms with Gasteiger partial charge >= 0.3 is 6.09 Å². The summed E-state index contributed by atoms with van der Waals surface area (Å²) < 4.78 is 10.5. The molecule has 0 saturated carbocycles. The molecule has 2 rings (SSSR count). The molecule has 1 aliphatic heterocycles. The van der Waals surface area contributed by atoms with Crippen molar-refractivity contribution in [3.8, 4) is 0 Å². The third kappa shape index (κ3) is 9.87. The molecule has 1 saturated heterocycles. The molecule has 1 atom stereocenters. The maximum atomic E-state index is 11.9.